The van der Waals surface area contributed by atoms with Crippen LogP contribution in [0, 0.1) is 5.92 Å². The van der Waals surface area contributed by atoms with Gasteiger partial charge in [0.1, 0.15) is 5.75 Å². The zero-order valence-corrected chi connectivity index (χ0v) is 11.7. The van der Waals surface area contributed by atoms with Crippen LogP contribution in [-0.2, 0) is 11.3 Å². The fourth-order valence-corrected chi connectivity index (χ4v) is 2.71. The molecule has 1 aromatic carbocycles. The fraction of sp³-hybridized carbons (Fsp3) is 0.500. The molecular formula is C14H19ClN2O2. The second kappa shape index (κ2) is 6.26. The van der Waals surface area contributed by atoms with E-state index in [1.165, 1.54) is 0 Å². The van der Waals surface area contributed by atoms with Crippen molar-refractivity contribution in [2.75, 3.05) is 7.11 Å². The molecule has 1 amide bonds. The molecule has 0 radical (unpaired) electrons. The summed E-state index contributed by atoms with van der Waals surface area (Å²) in [5, 5.41) is 3.52. The molecular weight excluding hydrogens is 264 g/mol. The smallest absolute Gasteiger partial charge is 0.223 e. The number of rotatable bonds is 4. The normalized spacial score (nSPS) is 22.3. The summed E-state index contributed by atoms with van der Waals surface area (Å²) in [6.07, 6.45) is 2.56. The molecule has 2 unspecified atom stereocenters. The molecule has 1 fully saturated rings. The molecule has 2 atom stereocenters. The predicted octanol–water partition coefficient (Wildman–Crippen LogP) is 2.09. The maximum Gasteiger partial charge on any atom is 0.223 e. The van der Waals surface area contributed by atoms with E-state index in [-0.39, 0.29) is 17.9 Å². The van der Waals surface area contributed by atoms with Gasteiger partial charge in [-0.15, -0.1) is 0 Å². The van der Waals surface area contributed by atoms with Gasteiger partial charge in [-0.05, 0) is 31.4 Å². The topological polar surface area (TPSA) is 64.3 Å². The second-order valence-corrected chi connectivity index (χ2v) is 5.32. The minimum atomic E-state index is 0.0310. The van der Waals surface area contributed by atoms with E-state index in [1.807, 2.05) is 12.1 Å². The van der Waals surface area contributed by atoms with Crippen molar-refractivity contribution >= 4 is 17.5 Å². The number of benzene rings is 1. The van der Waals surface area contributed by atoms with E-state index in [0.29, 0.717) is 17.3 Å². The molecule has 0 spiro atoms. The zero-order valence-electron chi connectivity index (χ0n) is 11.0. The van der Waals surface area contributed by atoms with Gasteiger partial charge in [-0.25, -0.2) is 0 Å². The van der Waals surface area contributed by atoms with Gasteiger partial charge in [-0.3, -0.25) is 4.79 Å². The Morgan fingerprint density at radius 2 is 2.32 bits per heavy atom. The second-order valence-electron chi connectivity index (χ2n) is 4.91. The highest BCUT2D eigenvalue weighted by Crippen LogP contribution is 2.27. The van der Waals surface area contributed by atoms with E-state index in [0.717, 1.165) is 24.8 Å². The van der Waals surface area contributed by atoms with E-state index in [1.54, 1.807) is 13.2 Å². The van der Waals surface area contributed by atoms with Gasteiger partial charge in [0.05, 0.1) is 7.11 Å². The van der Waals surface area contributed by atoms with Gasteiger partial charge in [0, 0.05) is 29.1 Å². The van der Waals surface area contributed by atoms with Crippen molar-refractivity contribution in [3.8, 4) is 5.75 Å². The van der Waals surface area contributed by atoms with Crippen LogP contribution in [0.3, 0.4) is 0 Å². The van der Waals surface area contributed by atoms with Crippen LogP contribution in [0.25, 0.3) is 0 Å². The number of amides is 1. The Morgan fingerprint density at radius 3 is 2.95 bits per heavy atom. The van der Waals surface area contributed by atoms with Crippen molar-refractivity contribution in [1.29, 1.82) is 0 Å². The van der Waals surface area contributed by atoms with Crippen LogP contribution in [0.2, 0.25) is 5.02 Å². The number of carbonyl (C=O) groups is 1. The van der Waals surface area contributed by atoms with Gasteiger partial charge >= 0.3 is 0 Å². The molecule has 1 saturated carbocycles. The molecule has 0 heterocycles. The molecule has 1 aromatic rings. The maximum atomic E-state index is 12.0. The van der Waals surface area contributed by atoms with Crippen molar-refractivity contribution in [3.63, 3.8) is 0 Å². The summed E-state index contributed by atoms with van der Waals surface area (Å²) < 4.78 is 5.25. The molecule has 5 heteroatoms. The third-order valence-electron chi connectivity index (χ3n) is 3.58. The van der Waals surface area contributed by atoms with Crippen LogP contribution < -0.4 is 15.8 Å². The number of methoxy groups -OCH3 is 1. The standard InChI is InChI=1S/C14H19ClN2O2/c1-19-13-4-2-3-12(15)11(13)8-17-14(18)9-5-6-10(16)7-9/h2-4,9-10H,5-8,16H2,1H3,(H,17,18). The molecule has 1 aliphatic rings. The van der Waals surface area contributed by atoms with E-state index in [2.05, 4.69) is 5.32 Å². The van der Waals surface area contributed by atoms with Crippen LogP contribution in [0.1, 0.15) is 24.8 Å². The van der Waals surface area contributed by atoms with Crippen molar-refractivity contribution in [3.05, 3.63) is 28.8 Å². The van der Waals surface area contributed by atoms with E-state index in [9.17, 15) is 4.79 Å². The van der Waals surface area contributed by atoms with Gasteiger partial charge in [0.15, 0.2) is 0 Å². The Hall–Kier alpha value is -1.26. The molecule has 0 aliphatic heterocycles. The van der Waals surface area contributed by atoms with Crippen LogP contribution in [0.4, 0.5) is 0 Å². The third kappa shape index (κ3) is 3.39. The van der Waals surface area contributed by atoms with Gasteiger partial charge in [0.25, 0.3) is 0 Å². The summed E-state index contributed by atoms with van der Waals surface area (Å²) >= 11 is 6.12. The highest BCUT2D eigenvalue weighted by atomic mass is 35.5. The zero-order chi connectivity index (χ0) is 13.8. The van der Waals surface area contributed by atoms with Crippen molar-refractivity contribution in [1.82, 2.24) is 5.32 Å². The van der Waals surface area contributed by atoms with Crippen molar-refractivity contribution in [2.45, 2.75) is 31.8 Å². The summed E-state index contributed by atoms with van der Waals surface area (Å²) in [6, 6.07) is 5.60. The first kappa shape index (κ1) is 14.2. The quantitative estimate of drug-likeness (QED) is 0.889. The highest BCUT2D eigenvalue weighted by molar-refractivity contribution is 6.31. The highest BCUT2D eigenvalue weighted by Gasteiger charge is 2.27. The predicted molar refractivity (Wildman–Crippen MR) is 75.2 cm³/mol. The van der Waals surface area contributed by atoms with E-state index >= 15 is 0 Å². The summed E-state index contributed by atoms with van der Waals surface area (Å²) in [7, 11) is 1.59. The number of halogens is 1. The Bertz CT molecular complexity index is 465. The first-order valence-electron chi connectivity index (χ1n) is 6.46. The van der Waals surface area contributed by atoms with Crippen molar-refractivity contribution < 1.29 is 9.53 Å². The molecule has 19 heavy (non-hydrogen) atoms. The average molecular weight is 283 g/mol. The van der Waals surface area contributed by atoms with Gasteiger partial charge in [0.2, 0.25) is 5.91 Å². The number of carbonyl (C=O) groups excluding carboxylic acids is 1. The maximum absolute atomic E-state index is 12.0. The summed E-state index contributed by atoms with van der Waals surface area (Å²) in [5.41, 5.74) is 6.63. The minimum absolute atomic E-state index is 0.0310. The molecule has 104 valence electrons. The fourth-order valence-electron chi connectivity index (χ4n) is 2.48. The van der Waals surface area contributed by atoms with Gasteiger partial charge in [-0.1, -0.05) is 17.7 Å². The largest absolute Gasteiger partial charge is 0.496 e. The summed E-state index contributed by atoms with van der Waals surface area (Å²) in [6.45, 7) is 0.382. The monoisotopic (exact) mass is 282 g/mol. The van der Waals surface area contributed by atoms with Crippen molar-refractivity contribution in [2.24, 2.45) is 11.7 Å². The number of ether oxygens (including phenoxy) is 1. The van der Waals surface area contributed by atoms with Gasteiger partial charge < -0.3 is 15.8 Å². The molecule has 3 N–H and O–H groups in total. The lowest BCUT2D eigenvalue weighted by Crippen LogP contribution is -2.30. The summed E-state index contributed by atoms with van der Waals surface area (Å²) in [5.74, 6) is 0.773. The molecule has 4 nitrogen and oxygen atoms in total. The SMILES string of the molecule is COc1cccc(Cl)c1CNC(=O)C1CCC(N)C1. The van der Waals surface area contributed by atoms with Crippen LogP contribution in [0.15, 0.2) is 18.2 Å². The first-order chi connectivity index (χ1) is 9.11. The van der Waals surface area contributed by atoms with Gasteiger partial charge in [-0.2, -0.15) is 0 Å². The number of nitrogens with one attached hydrogen (secondary N) is 1. The lowest BCUT2D eigenvalue weighted by molar-refractivity contribution is -0.125. The van der Waals surface area contributed by atoms with Crippen LogP contribution in [0.5, 0.6) is 5.75 Å². The Labute approximate surface area is 118 Å². The molecule has 2 rings (SSSR count). The number of nitrogens with two attached hydrogens (primary N) is 1. The Morgan fingerprint density at radius 1 is 1.53 bits per heavy atom. The third-order valence-corrected chi connectivity index (χ3v) is 3.93. The van der Waals surface area contributed by atoms with Crippen LogP contribution in [-0.4, -0.2) is 19.1 Å². The Kier molecular flexibility index (Phi) is 4.66. The van der Waals surface area contributed by atoms with E-state index in [4.69, 9.17) is 22.1 Å². The summed E-state index contributed by atoms with van der Waals surface area (Å²) in [4.78, 5) is 12.0. The Balaban J connectivity index is 1.97. The molecule has 0 bridgehead atoms. The molecule has 1 aliphatic carbocycles. The lowest BCUT2D eigenvalue weighted by atomic mass is 10.1. The number of hydrogen-bond acceptors (Lipinski definition) is 3. The lowest BCUT2D eigenvalue weighted by Gasteiger charge is -2.14. The average Bonchev–Trinajstić information content (AvgIpc) is 2.83. The van der Waals surface area contributed by atoms with E-state index < -0.39 is 0 Å². The first-order valence-corrected chi connectivity index (χ1v) is 6.84. The van der Waals surface area contributed by atoms with Crippen LogP contribution >= 0.6 is 11.6 Å². The number of hydrogen-bond donors (Lipinski definition) is 2. The molecule has 0 aromatic heterocycles. The minimum Gasteiger partial charge on any atom is -0.496 e. The molecule has 0 saturated heterocycles.